The second-order valence-electron chi connectivity index (χ2n) is 8.38. The minimum absolute atomic E-state index is 0.0614. The van der Waals surface area contributed by atoms with Gasteiger partial charge in [-0.05, 0) is 38.8 Å². The highest BCUT2D eigenvalue weighted by Crippen LogP contribution is 2.39. The number of nitrogens with one attached hydrogen (secondary N) is 3. The molecule has 11 nitrogen and oxygen atoms in total. The lowest BCUT2D eigenvalue weighted by atomic mass is 10.1. The van der Waals surface area contributed by atoms with Crippen LogP contribution in [0.15, 0.2) is 43.1 Å². The molecule has 0 atom stereocenters. The maximum Gasteiger partial charge on any atom is 0.279 e. The fourth-order valence-electron chi connectivity index (χ4n) is 2.92. The van der Waals surface area contributed by atoms with Crippen LogP contribution in [-0.4, -0.2) is 54.0 Å². The second kappa shape index (κ2) is 9.25. The third-order valence-electron chi connectivity index (χ3n) is 4.73. The first-order valence-corrected chi connectivity index (χ1v) is 10.5. The Morgan fingerprint density at radius 1 is 1.09 bits per heavy atom. The quantitative estimate of drug-likeness (QED) is 0.405. The number of aromatic nitrogens is 5. The van der Waals surface area contributed by atoms with E-state index >= 15 is 0 Å². The molecule has 11 heteroatoms. The molecule has 1 aliphatic rings. The van der Waals surface area contributed by atoms with E-state index in [1.165, 1.54) is 12.4 Å². The van der Waals surface area contributed by atoms with Crippen molar-refractivity contribution in [1.82, 2.24) is 30.2 Å². The van der Waals surface area contributed by atoms with Gasteiger partial charge in [-0.3, -0.25) is 9.59 Å². The van der Waals surface area contributed by atoms with Crippen molar-refractivity contribution in [1.29, 1.82) is 0 Å². The predicted octanol–water partition coefficient (Wildman–Crippen LogP) is 2.04. The molecular weight excluding hydrogens is 424 g/mol. The molecular formula is C22H24N8O3. The molecule has 0 bridgehead atoms. The summed E-state index contributed by atoms with van der Waals surface area (Å²) >= 11 is 0. The first-order valence-electron chi connectivity index (χ1n) is 10.5. The highest BCUT2D eigenvalue weighted by Gasteiger charge is 2.28. The summed E-state index contributed by atoms with van der Waals surface area (Å²) in [5, 5.41) is 18.1. The standard InChI is InChI=1S/C22H24N8O3/c1-22(2,33)11-26-20(31)15-4-3-5-17(28-15)30-21(32)18-19(27-14-8-23-12-24-9-14)25-10-16(29-18)13-6-7-13/h3-5,8-10,12-13,33H,6-7,11H2,1-2H3,(H,25,27)(H,26,31)(H,28,30,32). The summed E-state index contributed by atoms with van der Waals surface area (Å²) in [6.45, 7) is 3.23. The van der Waals surface area contributed by atoms with Crippen LogP contribution in [0.1, 0.15) is 59.3 Å². The number of hydrogen-bond acceptors (Lipinski definition) is 9. The van der Waals surface area contributed by atoms with Crippen molar-refractivity contribution in [2.45, 2.75) is 38.2 Å². The van der Waals surface area contributed by atoms with Crippen LogP contribution in [0.5, 0.6) is 0 Å². The van der Waals surface area contributed by atoms with Crippen LogP contribution >= 0.6 is 0 Å². The number of aliphatic hydroxyl groups is 1. The number of carbonyl (C=O) groups excluding carboxylic acids is 2. The van der Waals surface area contributed by atoms with Crippen LogP contribution in [0, 0.1) is 0 Å². The minimum atomic E-state index is -1.06. The summed E-state index contributed by atoms with van der Waals surface area (Å²) in [7, 11) is 0. The van der Waals surface area contributed by atoms with Crippen molar-refractivity contribution >= 4 is 29.1 Å². The number of hydrogen-bond donors (Lipinski definition) is 4. The molecule has 2 amide bonds. The van der Waals surface area contributed by atoms with Gasteiger partial charge in [0.15, 0.2) is 11.5 Å². The molecule has 3 aromatic heterocycles. The van der Waals surface area contributed by atoms with Gasteiger partial charge in [0.1, 0.15) is 17.8 Å². The molecule has 3 aromatic rings. The van der Waals surface area contributed by atoms with Gasteiger partial charge in [0.05, 0.1) is 35.6 Å². The van der Waals surface area contributed by atoms with Gasteiger partial charge in [-0.1, -0.05) is 6.07 Å². The Kier molecular flexibility index (Phi) is 6.22. The minimum Gasteiger partial charge on any atom is -0.389 e. The van der Waals surface area contributed by atoms with Crippen LogP contribution in [0.3, 0.4) is 0 Å². The maximum atomic E-state index is 13.1. The highest BCUT2D eigenvalue weighted by molar-refractivity contribution is 6.06. The summed E-state index contributed by atoms with van der Waals surface area (Å²) in [6, 6.07) is 4.70. The lowest BCUT2D eigenvalue weighted by Crippen LogP contribution is -2.38. The number of pyridine rings is 1. The monoisotopic (exact) mass is 448 g/mol. The molecule has 0 spiro atoms. The highest BCUT2D eigenvalue weighted by atomic mass is 16.3. The predicted molar refractivity (Wildman–Crippen MR) is 120 cm³/mol. The number of nitrogens with zero attached hydrogens (tertiary/aromatic N) is 5. The third kappa shape index (κ3) is 6.04. The Morgan fingerprint density at radius 3 is 2.55 bits per heavy atom. The van der Waals surface area contributed by atoms with Crippen molar-refractivity contribution in [2.24, 2.45) is 0 Å². The van der Waals surface area contributed by atoms with Crippen LogP contribution in [-0.2, 0) is 0 Å². The van der Waals surface area contributed by atoms with E-state index in [-0.39, 0.29) is 29.6 Å². The summed E-state index contributed by atoms with van der Waals surface area (Å²) in [4.78, 5) is 46.5. The Bertz CT molecular complexity index is 1160. The summed E-state index contributed by atoms with van der Waals surface area (Å²) < 4.78 is 0. The van der Waals surface area contributed by atoms with Gasteiger partial charge in [-0.25, -0.2) is 24.9 Å². The van der Waals surface area contributed by atoms with E-state index < -0.39 is 17.4 Å². The van der Waals surface area contributed by atoms with Gasteiger partial charge >= 0.3 is 0 Å². The number of amides is 2. The number of rotatable bonds is 8. The lowest BCUT2D eigenvalue weighted by Gasteiger charge is -2.17. The molecule has 1 fully saturated rings. The molecule has 0 saturated heterocycles. The van der Waals surface area contributed by atoms with E-state index in [0.29, 0.717) is 11.6 Å². The van der Waals surface area contributed by atoms with Crippen LogP contribution < -0.4 is 16.0 Å². The molecule has 1 aliphatic carbocycles. The Morgan fingerprint density at radius 2 is 1.85 bits per heavy atom. The van der Waals surface area contributed by atoms with Crippen LogP contribution in [0.2, 0.25) is 0 Å². The molecule has 0 unspecified atom stereocenters. The summed E-state index contributed by atoms with van der Waals surface area (Å²) in [6.07, 6.45) is 8.20. The van der Waals surface area contributed by atoms with E-state index in [2.05, 4.69) is 40.9 Å². The fraction of sp³-hybridized carbons (Fsp3) is 0.318. The van der Waals surface area contributed by atoms with Gasteiger partial charge in [0, 0.05) is 12.5 Å². The molecule has 170 valence electrons. The van der Waals surface area contributed by atoms with Crippen LogP contribution in [0.4, 0.5) is 17.3 Å². The second-order valence-corrected chi connectivity index (χ2v) is 8.38. The molecule has 4 rings (SSSR count). The Labute approximate surface area is 190 Å². The summed E-state index contributed by atoms with van der Waals surface area (Å²) in [5.41, 5.74) is 0.461. The SMILES string of the molecule is CC(C)(O)CNC(=O)c1cccc(NC(=O)c2nc(C3CC3)cnc2Nc2cncnc2)n1. The van der Waals surface area contributed by atoms with Gasteiger partial charge < -0.3 is 21.1 Å². The Hall–Kier alpha value is -3.99. The van der Waals surface area contributed by atoms with E-state index in [1.807, 2.05) is 0 Å². The zero-order valence-electron chi connectivity index (χ0n) is 18.2. The third-order valence-corrected chi connectivity index (χ3v) is 4.73. The van der Waals surface area contributed by atoms with Crippen LogP contribution in [0.25, 0.3) is 0 Å². The zero-order chi connectivity index (χ0) is 23.4. The molecule has 0 radical (unpaired) electrons. The van der Waals surface area contributed by atoms with E-state index in [0.717, 1.165) is 18.5 Å². The summed E-state index contributed by atoms with van der Waals surface area (Å²) in [5.74, 6) is -0.241. The molecule has 0 aliphatic heterocycles. The average Bonchev–Trinajstić information content (AvgIpc) is 3.63. The Balaban J connectivity index is 1.54. The maximum absolute atomic E-state index is 13.1. The molecule has 1 saturated carbocycles. The topological polar surface area (TPSA) is 155 Å². The first-order chi connectivity index (χ1) is 15.8. The van der Waals surface area contributed by atoms with Gasteiger partial charge in [0.25, 0.3) is 11.8 Å². The largest absolute Gasteiger partial charge is 0.389 e. The van der Waals surface area contributed by atoms with Crippen molar-refractivity contribution in [3.8, 4) is 0 Å². The normalized spacial score (nSPS) is 13.3. The van der Waals surface area contributed by atoms with E-state index in [4.69, 9.17) is 0 Å². The smallest absolute Gasteiger partial charge is 0.279 e. The average molecular weight is 448 g/mol. The van der Waals surface area contributed by atoms with Crippen molar-refractivity contribution in [2.75, 3.05) is 17.2 Å². The fourth-order valence-corrected chi connectivity index (χ4v) is 2.92. The first kappa shape index (κ1) is 22.2. The van der Waals surface area contributed by atoms with E-state index in [1.54, 1.807) is 44.6 Å². The van der Waals surface area contributed by atoms with Crippen molar-refractivity contribution in [3.63, 3.8) is 0 Å². The van der Waals surface area contributed by atoms with Gasteiger partial charge in [0.2, 0.25) is 0 Å². The van der Waals surface area contributed by atoms with Crippen molar-refractivity contribution in [3.05, 3.63) is 60.2 Å². The lowest BCUT2D eigenvalue weighted by molar-refractivity contribution is 0.0692. The van der Waals surface area contributed by atoms with Gasteiger partial charge in [-0.2, -0.15) is 0 Å². The number of carbonyl (C=O) groups is 2. The van der Waals surface area contributed by atoms with E-state index in [9.17, 15) is 14.7 Å². The molecule has 0 aromatic carbocycles. The zero-order valence-corrected chi connectivity index (χ0v) is 18.2. The van der Waals surface area contributed by atoms with Gasteiger partial charge in [-0.15, -0.1) is 0 Å². The molecule has 3 heterocycles. The van der Waals surface area contributed by atoms with Crippen molar-refractivity contribution < 1.29 is 14.7 Å². The number of anilines is 3. The molecule has 4 N–H and O–H groups in total. The molecule has 33 heavy (non-hydrogen) atoms.